The molecule has 0 aromatic rings. The predicted molar refractivity (Wildman–Crippen MR) is 103 cm³/mol. The molecule has 0 fully saturated rings. The molecule has 0 rings (SSSR count). The molecule has 0 saturated heterocycles. The van der Waals surface area contributed by atoms with Crippen LogP contribution in [0.25, 0.3) is 0 Å². The van der Waals surface area contributed by atoms with Gasteiger partial charge >= 0.3 is 12.2 Å². The van der Waals surface area contributed by atoms with Crippen LogP contribution in [0, 0.1) is 12.3 Å². The van der Waals surface area contributed by atoms with Crippen molar-refractivity contribution in [1.29, 1.82) is 0 Å². The topological polar surface area (TPSA) is 111 Å². The zero-order chi connectivity index (χ0) is 21.3. The third-order valence-electron chi connectivity index (χ3n) is 3.09. The van der Waals surface area contributed by atoms with Crippen LogP contribution in [0.15, 0.2) is 0 Å². The van der Waals surface area contributed by atoms with E-state index in [2.05, 4.69) is 11.2 Å². The molecule has 8 nitrogen and oxygen atoms in total. The second-order valence-corrected chi connectivity index (χ2v) is 8.05. The number of nitrogens with zero attached hydrogens (tertiary/aromatic N) is 1. The maximum absolute atomic E-state index is 12.7. The average molecular weight is 383 g/mol. The highest BCUT2D eigenvalue weighted by Crippen LogP contribution is 2.19. The Balaban J connectivity index is 5.77. The summed E-state index contributed by atoms with van der Waals surface area (Å²) in [5.41, 5.74) is 3.80. The minimum Gasteiger partial charge on any atom is -0.443 e. The maximum Gasteiger partial charge on any atom is 0.420 e. The molecular weight excluding hydrogens is 350 g/mol. The summed E-state index contributed by atoms with van der Waals surface area (Å²) in [6.45, 7) is 10.4. The minimum absolute atomic E-state index is 0.0251. The molecule has 0 bridgehead atoms. The van der Waals surface area contributed by atoms with Crippen molar-refractivity contribution in [3.8, 4) is 12.3 Å². The van der Waals surface area contributed by atoms with Gasteiger partial charge in [0.1, 0.15) is 17.2 Å². The van der Waals surface area contributed by atoms with Crippen LogP contribution in [0.1, 0.15) is 60.8 Å². The second kappa shape index (κ2) is 10.8. The number of carbonyl (C=O) groups is 3. The van der Waals surface area contributed by atoms with Crippen molar-refractivity contribution in [2.75, 3.05) is 13.1 Å². The number of hydrogen-bond donors (Lipinski definition) is 2. The molecule has 27 heavy (non-hydrogen) atoms. The minimum atomic E-state index is -1.12. The van der Waals surface area contributed by atoms with Gasteiger partial charge in [0, 0.05) is 0 Å². The monoisotopic (exact) mass is 383 g/mol. The largest absolute Gasteiger partial charge is 0.443 e. The Bertz CT molecular complexity index is 527. The molecule has 0 heterocycles. The zero-order valence-corrected chi connectivity index (χ0v) is 17.3. The molecule has 3 N–H and O–H groups in total. The van der Waals surface area contributed by atoms with Gasteiger partial charge in [0.2, 0.25) is 5.91 Å². The molecule has 0 aliphatic heterocycles. The molecule has 0 aliphatic carbocycles. The Kier molecular flexibility index (Phi) is 9.87. The van der Waals surface area contributed by atoms with E-state index in [9.17, 15) is 14.4 Å². The number of nitrogens with two attached hydrogens (primary N) is 1. The van der Waals surface area contributed by atoms with Crippen molar-refractivity contribution >= 4 is 18.1 Å². The first-order valence-corrected chi connectivity index (χ1v) is 8.99. The standard InChI is InChI=1S/C19H33N3O5/c1-8-13-21-15(23)14(11-9-10-12-20)22(16(24)26-18(2,3)4)17(25)27-19(5,6)7/h1,14H,9-13,20H2,2-7H3,(H,21,23)/t14-/m0/s1. The summed E-state index contributed by atoms with van der Waals surface area (Å²) in [7, 11) is 0. The summed E-state index contributed by atoms with van der Waals surface area (Å²) in [6, 6.07) is -1.12. The van der Waals surface area contributed by atoms with E-state index in [0.29, 0.717) is 19.4 Å². The number of carbonyl (C=O) groups excluding carboxylic acids is 3. The lowest BCUT2D eigenvalue weighted by Gasteiger charge is -2.32. The van der Waals surface area contributed by atoms with Crippen molar-refractivity contribution in [1.82, 2.24) is 10.2 Å². The van der Waals surface area contributed by atoms with Gasteiger partial charge in [-0.1, -0.05) is 5.92 Å². The highest BCUT2D eigenvalue weighted by Gasteiger charge is 2.39. The van der Waals surface area contributed by atoms with Gasteiger partial charge in [-0.3, -0.25) is 4.79 Å². The van der Waals surface area contributed by atoms with Gasteiger partial charge in [-0.25, -0.2) is 9.59 Å². The van der Waals surface area contributed by atoms with Crippen molar-refractivity contribution in [3.63, 3.8) is 0 Å². The van der Waals surface area contributed by atoms with Crippen molar-refractivity contribution < 1.29 is 23.9 Å². The van der Waals surface area contributed by atoms with Crippen molar-refractivity contribution in [2.45, 2.75) is 78.0 Å². The first kappa shape index (κ1) is 24.7. The van der Waals surface area contributed by atoms with Crippen LogP contribution in [0.4, 0.5) is 9.59 Å². The lowest BCUT2D eigenvalue weighted by atomic mass is 10.1. The number of hydrogen-bond acceptors (Lipinski definition) is 6. The number of ether oxygens (including phenoxy) is 2. The van der Waals surface area contributed by atoms with Crippen molar-refractivity contribution in [3.05, 3.63) is 0 Å². The van der Waals surface area contributed by atoms with E-state index in [-0.39, 0.29) is 13.0 Å². The Morgan fingerprint density at radius 1 is 1.04 bits per heavy atom. The van der Waals surface area contributed by atoms with E-state index in [4.69, 9.17) is 21.6 Å². The van der Waals surface area contributed by atoms with Gasteiger partial charge in [0.25, 0.3) is 0 Å². The van der Waals surface area contributed by atoms with Gasteiger partial charge < -0.3 is 20.5 Å². The summed E-state index contributed by atoms with van der Waals surface area (Å²) < 4.78 is 10.6. The fourth-order valence-corrected chi connectivity index (χ4v) is 2.07. The second-order valence-electron chi connectivity index (χ2n) is 8.05. The summed E-state index contributed by atoms with van der Waals surface area (Å²) in [6.07, 6.45) is 4.66. The lowest BCUT2D eigenvalue weighted by molar-refractivity contribution is -0.126. The first-order valence-electron chi connectivity index (χ1n) is 8.99. The third-order valence-corrected chi connectivity index (χ3v) is 3.09. The molecule has 0 radical (unpaired) electrons. The molecular formula is C19H33N3O5. The van der Waals surface area contributed by atoms with Crippen LogP contribution >= 0.6 is 0 Å². The Labute approximate surface area is 162 Å². The number of imide groups is 1. The molecule has 3 amide bonds. The number of nitrogens with one attached hydrogen (secondary N) is 1. The number of unbranched alkanes of at least 4 members (excludes halogenated alkanes) is 1. The fourth-order valence-electron chi connectivity index (χ4n) is 2.07. The van der Waals surface area contributed by atoms with E-state index in [1.165, 1.54) is 0 Å². The molecule has 154 valence electrons. The highest BCUT2D eigenvalue weighted by molar-refractivity contribution is 5.95. The summed E-state index contributed by atoms with van der Waals surface area (Å²) in [5.74, 6) is 1.74. The quantitative estimate of drug-likeness (QED) is 0.516. The van der Waals surface area contributed by atoms with Crippen LogP contribution in [0.3, 0.4) is 0 Å². The first-order chi connectivity index (χ1) is 12.3. The SMILES string of the molecule is C#CCNC(=O)[C@H](CCCCN)N(C(=O)OC(C)(C)C)C(=O)OC(C)(C)C. The van der Waals surface area contributed by atoms with Gasteiger partial charge in [0.05, 0.1) is 6.54 Å². The molecule has 0 aliphatic rings. The Morgan fingerprint density at radius 2 is 1.52 bits per heavy atom. The summed E-state index contributed by atoms with van der Waals surface area (Å²) >= 11 is 0. The molecule has 8 heteroatoms. The average Bonchev–Trinajstić information content (AvgIpc) is 2.48. The number of amides is 3. The molecule has 0 unspecified atom stereocenters. The van der Waals surface area contributed by atoms with E-state index < -0.39 is 35.3 Å². The van der Waals surface area contributed by atoms with Gasteiger partial charge in [0.15, 0.2) is 0 Å². The predicted octanol–water partition coefficient (Wildman–Crippen LogP) is 2.41. The van der Waals surface area contributed by atoms with Crippen LogP contribution in [-0.2, 0) is 14.3 Å². The molecule has 0 aromatic carbocycles. The molecule has 1 atom stereocenters. The molecule has 0 spiro atoms. The lowest BCUT2D eigenvalue weighted by Crippen LogP contribution is -2.54. The van der Waals surface area contributed by atoms with E-state index in [1.807, 2.05) is 0 Å². The molecule has 0 aromatic heterocycles. The highest BCUT2D eigenvalue weighted by atomic mass is 16.6. The van der Waals surface area contributed by atoms with Crippen LogP contribution < -0.4 is 11.1 Å². The van der Waals surface area contributed by atoms with E-state index in [0.717, 1.165) is 4.90 Å². The van der Waals surface area contributed by atoms with Crippen LogP contribution in [-0.4, -0.2) is 53.3 Å². The third kappa shape index (κ3) is 10.5. The van der Waals surface area contributed by atoms with E-state index >= 15 is 0 Å². The smallest absolute Gasteiger partial charge is 0.420 e. The number of rotatable bonds is 7. The molecule has 0 saturated carbocycles. The van der Waals surface area contributed by atoms with Gasteiger partial charge in [-0.15, -0.1) is 6.42 Å². The normalized spacial score (nSPS) is 12.5. The number of terminal acetylenes is 1. The van der Waals surface area contributed by atoms with Gasteiger partial charge in [-0.2, -0.15) is 4.90 Å². The summed E-state index contributed by atoms with van der Waals surface area (Å²) in [5, 5.41) is 2.51. The maximum atomic E-state index is 12.7. The van der Waals surface area contributed by atoms with Crippen LogP contribution in [0.2, 0.25) is 0 Å². The Morgan fingerprint density at radius 3 is 1.89 bits per heavy atom. The van der Waals surface area contributed by atoms with Crippen molar-refractivity contribution in [2.24, 2.45) is 5.73 Å². The summed E-state index contributed by atoms with van der Waals surface area (Å²) in [4.78, 5) is 38.7. The van der Waals surface area contributed by atoms with E-state index in [1.54, 1.807) is 41.5 Å². The Hall–Kier alpha value is -2.27. The van der Waals surface area contributed by atoms with Gasteiger partial charge in [-0.05, 0) is 67.3 Å². The fraction of sp³-hybridized carbons (Fsp3) is 0.737. The van der Waals surface area contributed by atoms with Crippen LogP contribution in [0.5, 0.6) is 0 Å². The zero-order valence-electron chi connectivity index (χ0n) is 17.3.